The fourth-order valence-electron chi connectivity index (χ4n) is 1.54. The molecular formula is C9H14F3N5S. The average Bonchev–Trinajstić information content (AvgIpc) is 3.03. The van der Waals surface area contributed by atoms with Crippen LogP contribution in [0.2, 0.25) is 0 Å². The molecule has 1 aromatic heterocycles. The van der Waals surface area contributed by atoms with Gasteiger partial charge in [-0.25, -0.2) is 4.68 Å². The summed E-state index contributed by atoms with van der Waals surface area (Å²) >= 11 is 0.607. The largest absolute Gasteiger partial charge is 0.402 e. The van der Waals surface area contributed by atoms with Gasteiger partial charge in [0.1, 0.15) is 5.25 Å². The number of aromatic nitrogens is 4. The summed E-state index contributed by atoms with van der Waals surface area (Å²) in [4.78, 5) is 0. The molecule has 5 nitrogen and oxygen atoms in total. The molecule has 2 N–H and O–H groups in total. The first kappa shape index (κ1) is 13.6. The van der Waals surface area contributed by atoms with Crippen molar-refractivity contribution >= 4 is 11.8 Å². The average molecular weight is 281 g/mol. The van der Waals surface area contributed by atoms with Gasteiger partial charge in [0.2, 0.25) is 5.16 Å². The quantitative estimate of drug-likeness (QED) is 0.833. The van der Waals surface area contributed by atoms with E-state index >= 15 is 0 Å². The molecule has 0 aliphatic heterocycles. The number of rotatable bonds is 5. The van der Waals surface area contributed by atoms with Crippen LogP contribution in [0.25, 0.3) is 0 Å². The lowest BCUT2D eigenvalue weighted by Gasteiger charge is -2.24. The Balaban J connectivity index is 2.15. The minimum atomic E-state index is -4.36. The van der Waals surface area contributed by atoms with Gasteiger partial charge in [0.05, 0.1) is 6.04 Å². The van der Waals surface area contributed by atoms with Crippen LogP contribution in [0.3, 0.4) is 0 Å². The van der Waals surface area contributed by atoms with Crippen molar-refractivity contribution < 1.29 is 13.2 Å². The smallest absolute Gasteiger partial charge is 0.326 e. The van der Waals surface area contributed by atoms with E-state index in [2.05, 4.69) is 15.5 Å². The second kappa shape index (κ2) is 5.04. The van der Waals surface area contributed by atoms with Crippen LogP contribution in [-0.2, 0) is 0 Å². The summed E-state index contributed by atoms with van der Waals surface area (Å²) in [5.41, 5.74) is 5.54. The van der Waals surface area contributed by atoms with Crippen molar-refractivity contribution in [3.05, 3.63) is 0 Å². The molecule has 0 radical (unpaired) electrons. The van der Waals surface area contributed by atoms with Crippen molar-refractivity contribution in [3.8, 4) is 0 Å². The molecule has 2 unspecified atom stereocenters. The van der Waals surface area contributed by atoms with Gasteiger partial charge in [0.15, 0.2) is 0 Å². The highest BCUT2D eigenvalue weighted by Crippen LogP contribution is 2.40. The summed E-state index contributed by atoms with van der Waals surface area (Å²) < 4.78 is 40.2. The summed E-state index contributed by atoms with van der Waals surface area (Å²) in [5, 5.41) is 9.34. The molecular weight excluding hydrogens is 267 g/mol. The Morgan fingerprint density at radius 2 is 2.17 bits per heavy atom. The third-order valence-corrected chi connectivity index (χ3v) is 4.12. The van der Waals surface area contributed by atoms with Crippen molar-refractivity contribution in [2.45, 2.75) is 54.9 Å². The summed E-state index contributed by atoms with van der Waals surface area (Å²) in [6.45, 7) is 1.63. The zero-order chi connectivity index (χ0) is 13.3. The highest BCUT2D eigenvalue weighted by atomic mass is 32.2. The summed E-state index contributed by atoms with van der Waals surface area (Å²) in [5.74, 6) is 0. The van der Waals surface area contributed by atoms with Crippen molar-refractivity contribution in [2.24, 2.45) is 5.73 Å². The van der Waals surface area contributed by atoms with Gasteiger partial charge >= 0.3 is 6.18 Å². The minimum Gasteiger partial charge on any atom is -0.326 e. The van der Waals surface area contributed by atoms with Gasteiger partial charge in [-0.05, 0) is 29.7 Å². The van der Waals surface area contributed by atoms with E-state index in [0.29, 0.717) is 11.8 Å². The Labute approximate surface area is 106 Å². The predicted molar refractivity (Wildman–Crippen MR) is 60.1 cm³/mol. The molecule has 1 heterocycles. The van der Waals surface area contributed by atoms with Gasteiger partial charge < -0.3 is 5.73 Å². The first-order valence-electron chi connectivity index (χ1n) is 5.70. The number of nitrogens with two attached hydrogens (primary N) is 1. The van der Waals surface area contributed by atoms with Crippen LogP contribution in [0.1, 0.15) is 32.2 Å². The Kier molecular flexibility index (Phi) is 3.81. The number of halogens is 3. The van der Waals surface area contributed by atoms with E-state index in [1.165, 1.54) is 4.68 Å². The first-order valence-corrected chi connectivity index (χ1v) is 6.58. The molecule has 1 aliphatic carbocycles. The molecule has 1 fully saturated rings. The first-order chi connectivity index (χ1) is 8.43. The zero-order valence-corrected chi connectivity index (χ0v) is 10.6. The van der Waals surface area contributed by atoms with E-state index in [1.54, 1.807) is 6.92 Å². The maximum Gasteiger partial charge on any atom is 0.402 e. The second-order valence-electron chi connectivity index (χ2n) is 4.29. The lowest BCUT2D eigenvalue weighted by Crippen LogP contribution is -2.42. The van der Waals surface area contributed by atoms with Gasteiger partial charge in [-0.1, -0.05) is 18.7 Å². The predicted octanol–water partition coefficient (Wildman–Crippen LogP) is 1.77. The third kappa shape index (κ3) is 2.94. The minimum absolute atomic E-state index is 0.147. The van der Waals surface area contributed by atoms with Gasteiger partial charge in [-0.15, -0.1) is 5.10 Å². The van der Waals surface area contributed by atoms with Crippen LogP contribution in [0.15, 0.2) is 5.16 Å². The molecule has 0 amide bonds. The normalized spacial score (nSPS) is 19.8. The zero-order valence-electron chi connectivity index (χ0n) is 9.76. The van der Waals surface area contributed by atoms with Crippen molar-refractivity contribution in [3.63, 3.8) is 0 Å². The second-order valence-corrected chi connectivity index (χ2v) is 5.40. The molecule has 0 aromatic carbocycles. The van der Waals surface area contributed by atoms with Crippen molar-refractivity contribution in [1.82, 2.24) is 20.2 Å². The monoisotopic (exact) mass is 281 g/mol. The molecule has 0 saturated heterocycles. The fraction of sp³-hybridized carbons (Fsp3) is 0.889. The van der Waals surface area contributed by atoms with Crippen LogP contribution in [0.5, 0.6) is 0 Å². The molecule has 1 saturated carbocycles. The number of tetrazole rings is 1. The number of hydrogen-bond donors (Lipinski definition) is 1. The maximum absolute atomic E-state index is 12.9. The van der Waals surface area contributed by atoms with E-state index in [0.717, 1.165) is 12.8 Å². The van der Waals surface area contributed by atoms with E-state index < -0.39 is 17.5 Å². The Morgan fingerprint density at radius 1 is 1.50 bits per heavy atom. The van der Waals surface area contributed by atoms with E-state index in [-0.39, 0.29) is 17.6 Å². The van der Waals surface area contributed by atoms with E-state index in [1.807, 2.05) is 0 Å². The summed E-state index contributed by atoms with van der Waals surface area (Å²) in [6.07, 6.45) is -2.28. The molecule has 1 aromatic rings. The molecule has 18 heavy (non-hydrogen) atoms. The topological polar surface area (TPSA) is 69.6 Å². The maximum atomic E-state index is 12.9. The number of nitrogens with zero attached hydrogens (tertiary/aromatic N) is 4. The summed E-state index contributed by atoms with van der Waals surface area (Å²) in [6, 6.07) is -0.811. The van der Waals surface area contributed by atoms with E-state index in [4.69, 9.17) is 5.73 Å². The number of alkyl halides is 3. The van der Waals surface area contributed by atoms with Gasteiger partial charge in [-0.2, -0.15) is 13.2 Å². The lowest BCUT2D eigenvalue weighted by molar-refractivity contribution is -0.132. The SMILES string of the molecule is CCC(N)C(Sc1nnnn1C1CC1)C(F)(F)F. The molecule has 9 heteroatoms. The lowest BCUT2D eigenvalue weighted by atomic mass is 10.1. The van der Waals surface area contributed by atoms with Gasteiger partial charge in [0.25, 0.3) is 0 Å². The van der Waals surface area contributed by atoms with Crippen LogP contribution in [0.4, 0.5) is 13.2 Å². The molecule has 0 spiro atoms. The molecule has 102 valence electrons. The third-order valence-electron chi connectivity index (χ3n) is 2.77. The summed E-state index contributed by atoms with van der Waals surface area (Å²) in [7, 11) is 0. The Bertz CT molecular complexity index is 403. The highest BCUT2D eigenvalue weighted by Gasteiger charge is 2.45. The van der Waals surface area contributed by atoms with Gasteiger partial charge in [0, 0.05) is 6.04 Å². The molecule has 2 atom stereocenters. The number of thioether (sulfide) groups is 1. The van der Waals surface area contributed by atoms with Gasteiger partial charge in [-0.3, -0.25) is 0 Å². The number of hydrogen-bond acceptors (Lipinski definition) is 5. The standard InChI is InChI=1S/C9H14F3N5S/c1-2-6(13)7(9(10,11)12)18-8-14-15-16-17(8)5-3-4-5/h5-7H,2-4,13H2,1H3. The Morgan fingerprint density at radius 3 is 2.67 bits per heavy atom. The van der Waals surface area contributed by atoms with Crippen LogP contribution >= 0.6 is 11.8 Å². The fourth-order valence-corrected chi connectivity index (χ4v) is 2.64. The Hall–Kier alpha value is -0.830. The highest BCUT2D eigenvalue weighted by molar-refractivity contribution is 7.99. The van der Waals surface area contributed by atoms with Crippen LogP contribution in [-0.4, -0.2) is 37.7 Å². The molecule has 0 bridgehead atoms. The van der Waals surface area contributed by atoms with Crippen LogP contribution < -0.4 is 5.73 Å². The van der Waals surface area contributed by atoms with Crippen molar-refractivity contribution in [2.75, 3.05) is 0 Å². The van der Waals surface area contributed by atoms with Crippen molar-refractivity contribution in [1.29, 1.82) is 0 Å². The molecule has 2 rings (SSSR count). The van der Waals surface area contributed by atoms with E-state index in [9.17, 15) is 13.2 Å². The van der Waals surface area contributed by atoms with Crippen LogP contribution in [0, 0.1) is 0 Å². The molecule has 1 aliphatic rings.